The number of rotatable bonds is 8. The van der Waals surface area contributed by atoms with Crippen molar-refractivity contribution in [1.82, 2.24) is 4.98 Å². The summed E-state index contributed by atoms with van der Waals surface area (Å²) in [7, 11) is 0. The molecule has 1 aromatic heterocycles. The van der Waals surface area contributed by atoms with Crippen LogP contribution in [-0.2, 0) is 0 Å². The van der Waals surface area contributed by atoms with E-state index in [-0.39, 0.29) is 0 Å². The molecule has 0 radical (unpaired) electrons. The van der Waals surface area contributed by atoms with E-state index in [0.29, 0.717) is 22.0 Å². The van der Waals surface area contributed by atoms with Crippen LogP contribution in [0.15, 0.2) is 6.07 Å². The summed E-state index contributed by atoms with van der Waals surface area (Å²) in [4.78, 5) is 7.06. The standard InChI is InChI=1S/C16H25Cl2N3/c1-4-8-19-15-13(17)10-14(18)16(20-15)21(12-5-6-12)9-7-11(2)3/h10-12H,4-9H2,1-3H3,(H,19,20). The predicted octanol–water partition coefficient (Wildman–Crippen LogP) is 5.23. The molecule has 1 heterocycles. The summed E-state index contributed by atoms with van der Waals surface area (Å²) in [5.74, 6) is 2.30. The number of hydrogen-bond acceptors (Lipinski definition) is 3. The number of halogens is 2. The molecule has 0 aromatic carbocycles. The maximum atomic E-state index is 6.40. The molecule has 0 aliphatic heterocycles. The van der Waals surface area contributed by atoms with Gasteiger partial charge in [0, 0.05) is 19.1 Å². The van der Waals surface area contributed by atoms with E-state index in [1.807, 2.05) is 6.07 Å². The van der Waals surface area contributed by atoms with Crippen LogP contribution in [0.4, 0.5) is 11.6 Å². The van der Waals surface area contributed by atoms with E-state index < -0.39 is 0 Å². The SMILES string of the molecule is CCCNc1nc(N(CCC(C)C)C2CC2)c(Cl)cc1Cl. The van der Waals surface area contributed by atoms with Crippen molar-refractivity contribution in [2.45, 2.75) is 52.5 Å². The van der Waals surface area contributed by atoms with Crippen LogP contribution >= 0.6 is 23.2 Å². The number of aromatic nitrogens is 1. The summed E-state index contributed by atoms with van der Waals surface area (Å²) < 4.78 is 0. The Bertz CT molecular complexity index is 473. The summed E-state index contributed by atoms with van der Waals surface area (Å²) in [6.07, 6.45) is 4.65. The minimum absolute atomic E-state index is 0.592. The van der Waals surface area contributed by atoms with E-state index in [1.54, 1.807) is 0 Å². The topological polar surface area (TPSA) is 28.2 Å². The molecule has 0 unspecified atom stereocenters. The van der Waals surface area contributed by atoms with Crippen molar-refractivity contribution in [1.29, 1.82) is 0 Å². The van der Waals surface area contributed by atoms with Gasteiger partial charge < -0.3 is 10.2 Å². The number of nitrogens with one attached hydrogen (secondary N) is 1. The molecule has 0 amide bonds. The van der Waals surface area contributed by atoms with Crippen molar-refractivity contribution in [3.63, 3.8) is 0 Å². The smallest absolute Gasteiger partial charge is 0.150 e. The number of pyridine rings is 1. The molecule has 118 valence electrons. The first-order valence-corrected chi connectivity index (χ1v) is 8.65. The molecule has 0 atom stereocenters. The second kappa shape index (κ2) is 7.55. The maximum absolute atomic E-state index is 6.40. The van der Waals surface area contributed by atoms with Crippen LogP contribution in [0.25, 0.3) is 0 Å². The van der Waals surface area contributed by atoms with Gasteiger partial charge in [-0.25, -0.2) is 4.98 Å². The highest BCUT2D eigenvalue weighted by atomic mass is 35.5. The lowest BCUT2D eigenvalue weighted by atomic mass is 10.1. The van der Waals surface area contributed by atoms with Crippen LogP contribution in [0.3, 0.4) is 0 Å². The van der Waals surface area contributed by atoms with Crippen LogP contribution in [0.2, 0.25) is 10.0 Å². The summed E-state index contributed by atoms with van der Waals surface area (Å²) in [6.45, 7) is 8.48. The third kappa shape index (κ3) is 4.65. The van der Waals surface area contributed by atoms with Gasteiger partial charge in [-0.1, -0.05) is 44.0 Å². The Morgan fingerprint density at radius 2 is 2.05 bits per heavy atom. The van der Waals surface area contributed by atoms with Crippen molar-refractivity contribution in [2.75, 3.05) is 23.3 Å². The van der Waals surface area contributed by atoms with E-state index >= 15 is 0 Å². The normalized spacial score (nSPS) is 14.6. The zero-order valence-electron chi connectivity index (χ0n) is 13.1. The van der Waals surface area contributed by atoms with E-state index in [2.05, 4.69) is 31.0 Å². The Labute approximate surface area is 138 Å². The van der Waals surface area contributed by atoms with Gasteiger partial charge in [0.1, 0.15) is 11.6 Å². The first-order valence-electron chi connectivity index (χ1n) is 7.89. The van der Waals surface area contributed by atoms with Crippen LogP contribution in [-0.4, -0.2) is 24.1 Å². The minimum atomic E-state index is 0.592. The van der Waals surface area contributed by atoms with E-state index in [4.69, 9.17) is 28.2 Å². The van der Waals surface area contributed by atoms with Gasteiger partial charge in [-0.05, 0) is 37.7 Å². The summed E-state index contributed by atoms with van der Waals surface area (Å²) in [5.41, 5.74) is 0. The molecule has 1 aromatic rings. The third-order valence-electron chi connectivity index (χ3n) is 3.66. The quantitative estimate of drug-likeness (QED) is 0.708. The Morgan fingerprint density at radius 1 is 1.33 bits per heavy atom. The summed E-state index contributed by atoms with van der Waals surface area (Å²) >= 11 is 12.6. The number of nitrogens with zero attached hydrogens (tertiary/aromatic N) is 2. The van der Waals surface area contributed by atoms with E-state index in [9.17, 15) is 0 Å². The zero-order valence-corrected chi connectivity index (χ0v) is 14.6. The van der Waals surface area contributed by atoms with Crippen LogP contribution in [0, 0.1) is 5.92 Å². The minimum Gasteiger partial charge on any atom is -0.369 e. The van der Waals surface area contributed by atoms with Gasteiger partial charge in [0.05, 0.1) is 10.0 Å². The highest BCUT2D eigenvalue weighted by molar-refractivity contribution is 6.37. The second-order valence-corrected chi connectivity index (χ2v) is 6.97. The predicted molar refractivity (Wildman–Crippen MR) is 92.9 cm³/mol. The lowest BCUT2D eigenvalue weighted by molar-refractivity contribution is 0.568. The molecule has 3 nitrogen and oxygen atoms in total. The van der Waals surface area contributed by atoms with E-state index in [1.165, 1.54) is 12.8 Å². The third-order valence-corrected chi connectivity index (χ3v) is 4.23. The number of anilines is 2. The van der Waals surface area contributed by atoms with Gasteiger partial charge in [0.25, 0.3) is 0 Å². The fourth-order valence-electron chi connectivity index (χ4n) is 2.27. The number of hydrogen-bond donors (Lipinski definition) is 1. The molecule has 1 N–H and O–H groups in total. The maximum Gasteiger partial charge on any atom is 0.150 e. The van der Waals surface area contributed by atoms with Crippen LogP contribution in [0.5, 0.6) is 0 Å². The second-order valence-electron chi connectivity index (χ2n) is 6.16. The Balaban J connectivity index is 2.21. The van der Waals surface area contributed by atoms with Crippen molar-refractivity contribution >= 4 is 34.8 Å². The van der Waals surface area contributed by atoms with Gasteiger partial charge in [0.15, 0.2) is 0 Å². The van der Waals surface area contributed by atoms with Crippen molar-refractivity contribution in [3.05, 3.63) is 16.1 Å². The first-order chi connectivity index (χ1) is 10.0. The molecule has 1 fully saturated rings. The molecule has 1 aliphatic carbocycles. The molecule has 0 saturated heterocycles. The van der Waals surface area contributed by atoms with Gasteiger partial charge in [0.2, 0.25) is 0 Å². The molecular weight excluding hydrogens is 305 g/mol. The van der Waals surface area contributed by atoms with Crippen LogP contribution < -0.4 is 10.2 Å². The lowest BCUT2D eigenvalue weighted by Crippen LogP contribution is -2.29. The Hall–Kier alpha value is -0.670. The van der Waals surface area contributed by atoms with E-state index in [0.717, 1.165) is 37.6 Å². The van der Waals surface area contributed by atoms with Crippen molar-refractivity contribution < 1.29 is 0 Å². The molecule has 1 aliphatic rings. The molecular formula is C16H25Cl2N3. The molecule has 21 heavy (non-hydrogen) atoms. The van der Waals surface area contributed by atoms with Gasteiger partial charge in [-0.15, -0.1) is 0 Å². The Morgan fingerprint density at radius 3 is 2.62 bits per heavy atom. The van der Waals surface area contributed by atoms with Gasteiger partial charge in [-0.2, -0.15) is 0 Å². The van der Waals surface area contributed by atoms with Crippen molar-refractivity contribution in [2.24, 2.45) is 5.92 Å². The largest absolute Gasteiger partial charge is 0.369 e. The van der Waals surface area contributed by atoms with Gasteiger partial charge in [-0.3, -0.25) is 0 Å². The fraction of sp³-hybridized carbons (Fsp3) is 0.688. The van der Waals surface area contributed by atoms with Crippen molar-refractivity contribution in [3.8, 4) is 0 Å². The molecule has 0 spiro atoms. The lowest BCUT2D eigenvalue weighted by Gasteiger charge is -2.26. The highest BCUT2D eigenvalue weighted by Gasteiger charge is 2.31. The monoisotopic (exact) mass is 329 g/mol. The van der Waals surface area contributed by atoms with Crippen LogP contribution in [0.1, 0.15) is 46.5 Å². The average molecular weight is 330 g/mol. The molecule has 0 bridgehead atoms. The molecule has 1 saturated carbocycles. The Kier molecular flexibility index (Phi) is 6.00. The molecule has 2 rings (SSSR count). The summed E-state index contributed by atoms with van der Waals surface area (Å²) in [5, 5.41) is 4.53. The van der Waals surface area contributed by atoms with Gasteiger partial charge >= 0.3 is 0 Å². The molecule has 5 heteroatoms. The first kappa shape index (κ1) is 16.7. The fourth-order valence-corrected chi connectivity index (χ4v) is 2.80. The zero-order chi connectivity index (χ0) is 15.4. The summed E-state index contributed by atoms with van der Waals surface area (Å²) in [6, 6.07) is 2.41. The highest BCUT2D eigenvalue weighted by Crippen LogP contribution is 2.37. The average Bonchev–Trinajstić information content (AvgIpc) is 3.24.